The van der Waals surface area contributed by atoms with Crippen LogP contribution in [-0.2, 0) is 30.6 Å². The summed E-state index contributed by atoms with van der Waals surface area (Å²) in [6, 6.07) is 8.43. The smallest absolute Gasteiger partial charge is 0.416 e. The molecule has 2 heterocycles. The minimum Gasteiger partial charge on any atom is -0.472 e. The van der Waals surface area contributed by atoms with Crippen LogP contribution in [0.15, 0.2) is 67.4 Å². The van der Waals surface area contributed by atoms with Crippen LogP contribution in [0.4, 0.5) is 23.2 Å². The van der Waals surface area contributed by atoms with Crippen molar-refractivity contribution < 1.29 is 45.1 Å². The average Bonchev–Trinajstić information content (AvgIpc) is 3.99. The van der Waals surface area contributed by atoms with E-state index in [1.807, 2.05) is 12.1 Å². The zero-order valence-electron chi connectivity index (χ0n) is 28.7. The predicted molar refractivity (Wildman–Crippen MR) is 184 cm³/mol. The molecule has 3 amide bonds. The molecule has 2 aliphatic carbocycles. The second kappa shape index (κ2) is 13.4. The van der Waals surface area contributed by atoms with Crippen molar-refractivity contribution in [3.63, 3.8) is 0 Å². The van der Waals surface area contributed by atoms with Crippen molar-refractivity contribution in [1.82, 2.24) is 19.9 Å². The highest BCUT2D eigenvalue weighted by Gasteiger charge is 2.62. The lowest BCUT2D eigenvalue weighted by molar-refractivity contribution is -0.141. The Morgan fingerprint density at radius 2 is 1.81 bits per heavy atom. The van der Waals surface area contributed by atoms with Crippen LogP contribution in [0.25, 0.3) is 10.8 Å². The minimum atomic E-state index is -4.86. The number of ether oxygens (including phenoxy) is 1. The van der Waals surface area contributed by atoms with Crippen LogP contribution in [0, 0.1) is 17.2 Å². The zero-order valence-corrected chi connectivity index (χ0v) is 29.5. The van der Waals surface area contributed by atoms with Gasteiger partial charge in [0.25, 0.3) is 5.91 Å². The van der Waals surface area contributed by atoms with E-state index in [1.165, 1.54) is 11.0 Å². The maximum Gasteiger partial charge on any atom is 0.416 e. The van der Waals surface area contributed by atoms with Crippen LogP contribution in [0.1, 0.15) is 52.0 Å². The third kappa shape index (κ3) is 7.57. The van der Waals surface area contributed by atoms with E-state index in [0.29, 0.717) is 30.4 Å². The van der Waals surface area contributed by atoms with Crippen LogP contribution in [0.5, 0.6) is 5.88 Å². The number of benzene rings is 2. The molecule has 0 radical (unpaired) electrons. The van der Waals surface area contributed by atoms with Crippen molar-refractivity contribution in [1.29, 1.82) is 0 Å². The number of hydrogen-bond acceptors (Lipinski definition) is 8. The first-order chi connectivity index (χ1) is 24.3. The van der Waals surface area contributed by atoms with Gasteiger partial charge in [-0.1, -0.05) is 45.0 Å². The van der Waals surface area contributed by atoms with Gasteiger partial charge in [0, 0.05) is 29.6 Å². The molecule has 2 saturated carbocycles. The standard InChI is InChI=1S/C36H39F4N5O6S/c1-5-21-18-35(21,33(48)44-52(49,50)26-10-11-26)43-30(46)28-17-25(51-31-27-9-7-6-8-20(27)12-13-41-31)19-45(28)32(47)29(34(2,3)4)42-24-15-22(36(38,39)40)14-23(37)16-24/h5-9,12-16,21,25-26,28-29,42H,1,10-11,17-19H2,2-4H3,(H,43,46)(H,44,48). The zero-order chi connectivity index (χ0) is 37.8. The molecule has 3 N–H and O–H groups in total. The third-order valence-electron chi connectivity index (χ3n) is 9.66. The second-order valence-corrected chi connectivity index (χ2v) is 16.6. The number of hydrogen-bond donors (Lipinski definition) is 3. The molecule has 1 aliphatic heterocycles. The molecule has 3 aromatic rings. The summed E-state index contributed by atoms with van der Waals surface area (Å²) in [5, 5.41) is 6.29. The van der Waals surface area contributed by atoms with Gasteiger partial charge in [-0.2, -0.15) is 13.2 Å². The van der Waals surface area contributed by atoms with Gasteiger partial charge in [0.15, 0.2) is 0 Å². The average molecular weight is 746 g/mol. The summed E-state index contributed by atoms with van der Waals surface area (Å²) in [4.78, 5) is 47.7. The number of alkyl halides is 3. The Balaban J connectivity index is 1.32. The molecule has 1 saturated heterocycles. The van der Waals surface area contributed by atoms with E-state index in [0.717, 1.165) is 11.5 Å². The lowest BCUT2D eigenvalue weighted by Gasteiger charge is -2.36. The molecule has 11 nitrogen and oxygen atoms in total. The van der Waals surface area contributed by atoms with Crippen LogP contribution >= 0.6 is 0 Å². The van der Waals surface area contributed by atoms with Crippen LogP contribution in [-0.4, -0.2) is 71.5 Å². The maximum atomic E-state index is 14.5. The lowest BCUT2D eigenvalue weighted by atomic mass is 9.85. The van der Waals surface area contributed by atoms with E-state index in [2.05, 4.69) is 26.9 Å². The van der Waals surface area contributed by atoms with Crippen LogP contribution < -0.4 is 20.1 Å². The predicted octanol–water partition coefficient (Wildman–Crippen LogP) is 4.94. The number of rotatable bonds is 11. The normalized spacial score (nSPS) is 23.8. The van der Waals surface area contributed by atoms with E-state index in [-0.39, 0.29) is 31.0 Å². The summed E-state index contributed by atoms with van der Waals surface area (Å²) in [5.41, 5.74) is -4.17. The molecular formula is C36H39F4N5O6S. The highest BCUT2D eigenvalue weighted by atomic mass is 32.2. The molecule has 1 aromatic heterocycles. The van der Waals surface area contributed by atoms with Gasteiger partial charge in [-0.05, 0) is 60.4 Å². The number of carbonyl (C=O) groups is 3. The summed E-state index contributed by atoms with van der Waals surface area (Å²) in [6.45, 7) is 8.53. The van der Waals surface area contributed by atoms with Gasteiger partial charge in [-0.15, -0.1) is 6.58 Å². The SMILES string of the molecule is C=CC1CC1(NC(=O)C1CC(Oc2nccc3ccccc23)CN1C(=O)C(Nc1cc(F)cc(C(F)(F)F)c1)C(C)(C)C)C(=O)NS(=O)(=O)C1CC1. The number of likely N-dealkylation sites (tertiary alicyclic amines) is 1. The molecule has 16 heteroatoms. The lowest BCUT2D eigenvalue weighted by Crippen LogP contribution is -2.58. The van der Waals surface area contributed by atoms with E-state index in [1.54, 1.807) is 45.2 Å². The first kappa shape index (κ1) is 37.0. The molecule has 5 unspecified atom stereocenters. The van der Waals surface area contributed by atoms with Gasteiger partial charge in [0.2, 0.25) is 27.7 Å². The van der Waals surface area contributed by atoms with Gasteiger partial charge in [-0.3, -0.25) is 19.1 Å². The number of sulfonamides is 1. The van der Waals surface area contributed by atoms with E-state index >= 15 is 0 Å². The molecule has 6 rings (SSSR count). The van der Waals surface area contributed by atoms with E-state index in [9.17, 15) is 40.4 Å². The molecule has 2 aromatic carbocycles. The molecular weight excluding hydrogens is 706 g/mol. The minimum absolute atomic E-state index is 0.0715. The van der Waals surface area contributed by atoms with Crippen LogP contribution in [0.3, 0.4) is 0 Å². The Labute approximate surface area is 298 Å². The third-order valence-corrected chi connectivity index (χ3v) is 11.5. The topological polar surface area (TPSA) is 147 Å². The van der Waals surface area contributed by atoms with Crippen molar-refractivity contribution in [3.05, 3.63) is 78.8 Å². The number of amides is 3. The highest BCUT2D eigenvalue weighted by molar-refractivity contribution is 7.91. The fraction of sp³-hybridized carbons (Fsp3) is 0.444. The number of nitrogens with zero attached hydrogens (tertiary/aromatic N) is 2. The highest BCUT2D eigenvalue weighted by Crippen LogP contribution is 2.46. The van der Waals surface area contributed by atoms with Gasteiger partial charge in [0.05, 0.1) is 17.4 Å². The van der Waals surface area contributed by atoms with Crippen molar-refractivity contribution in [3.8, 4) is 5.88 Å². The summed E-state index contributed by atoms with van der Waals surface area (Å²) >= 11 is 0. The number of anilines is 1. The molecule has 3 aliphatic rings. The molecule has 3 fully saturated rings. The van der Waals surface area contributed by atoms with Crippen molar-refractivity contribution in [2.75, 3.05) is 11.9 Å². The summed E-state index contributed by atoms with van der Waals surface area (Å²) in [5.74, 6) is -3.90. The Hall–Kier alpha value is -4.73. The monoisotopic (exact) mass is 745 g/mol. The maximum absolute atomic E-state index is 14.5. The molecule has 0 spiro atoms. The number of pyridine rings is 1. The Kier molecular flexibility index (Phi) is 9.51. The Morgan fingerprint density at radius 3 is 2.44 bits per heavy atom. The van der Waals surface area contributed by atoms with Crippen molar-refractivity contribution in [2.24, 2.45) is 11.3 Å². The fourth-order valence-electron chi connectivity index (χ4n) is 6.56. The fourth-order valence-corrected chi connectivity index (χ4v) is 7.92. The summed E-state index contributed by atoms with van der Waals surface area (Å²) in [7, 11) is -3.96. The Morgan fingerprint density at radius 1 is 1.10 bits per heavy atom. The quantitative estimate of drug-likeness (QED) is 0.185. The first-order valence-corrected chi connectivity index (χ1v) is 18.3. The largest absolute Gasteiger partial charge is 0.472 e. The first-order valence-electron chi connectivity index (χ1n) is 16.8. The van der Waals surface area contributed by atoms with E-state index in [4.69, 9.17) is 4.74 Å². The number of nitrogens with one attached hydrogen (secondary N) is 3. The molecule has 52 heavy (non-hydrogen) atoms. The molecule has 278 valence electrons. The van der Waals surface area contributed by atoms with Gasteiger partial charge < -0.3 is 20.3 Å². The summed E-state index contributed by atoms with van der Waals surface area (Å²) < 4.78 is 88.8. The van der Waals surface area contributed by atoms with Crippen LogP contribution in [0.2, 0.25) is 0 Å². The molecule has 0 bridgehead atoms. The Bertz CT molecular complexity index is 2030. The number of fused-ring (bicyclic) bond motifs is 1. The van der Waals surface area contributed by atoms with Gasteiger partial charge >= 0.3 is 6.18 Å². The number of carbonyl (C=O) groups excluding carboxylic acids is 3. The van der Waals surface area contributed by atoms with Crippen molar-refractivity contribution >= 4 is 44.2 Å². The van der Waals surface area contributed by atoms with Gasteiger partial charge in [-0.25, -0.2) is 17.8 Å². The van der Waals surface area contributed by atoms with Gasteiger partial charge in [0.1, 0.15) is 29.5 Å². The summed E-state index contributed by atoms with van der Waals surface area (Å²) in [6.07, 6.45) is -1.86. The van der Waals surface area contributed by atoms with E-state index < -0.39 is 85.6 Å². The number of aromatic nitrogens is 1. The second-order valence-electron chi connectivity index (χ2n) is 14.7. The molecule has 5 atom stereocenters. The number of halogens is 4. The van der Waals surface area contributed by atoms with Crippen molar-refractivity contribution in [2.45, 2.75) is 81.6 Å².